The molecule has 0 aliphatic heterocycles. The third kappa shape index (κ3) is 6.67. The quantitative estimate of drug-likeness (QED) is 0.340. The highest BCUT2D eigenvalue weighted by molar-refractivity contribution is 6.10. The van der Waals surface area contributed by atoms with Gasteiger partial charge >= 0.3 is 0 Å². The van der Waals surface area contributed by atoms with Crippen LogP contribution in [-0.2, 0) is 9.59 Å². The molecule has 1 N–H and O–H groups in total. The largest absolute Gasteiger partial charge is 0.504 e. The van der Waals surface area contributed by atoms with Crippen LogP contribution in [0.4, 0.5) is 0 Å². The van der Waals surface area contributed by atoms with Crippen LogP contribution in [0.15, 0.2) is 61.2 Å². The van der Waals surface area contributed by atoms with Crippen LogP contribution in [0.1, 0.15) is 17.5 Å². The Labute approximate surface area is 175 Å². The number of phenolic OH excluding ortho intramolecular Hbond substituents is 1. The van der Waals surface area contributed by atoms with Crippen LogP contribution in [0.25, 0.3) is 12.2 Å². The number of ether oxygens (including phenoxy) is 3. The maximum Gasteiger partial charge on any atom is 0.163 e. The van der Waals surface area contributed by atoms with E-state index in [2.05, 4.69) is 6.58 Å². The smallest absolute Gasteiger partial charge is 0.163 e. The molecular formula is C24H24O6. The fraction of sp³-hybridized carbons (Fsp3) is 0.167. The van der Waals surface area contributed by atoms with Gasteiger partial charge in [0.1, 0.15) is 6.61 Å². The maximum absolute atomic E-state index is 12.1. The summed E-state index contributed by atoms with van der Waals surface area (Å²) in [4.78, 5) is 24.1. The molecule has 2 rings (SSSR count). The topological polar surface area (TPSA) is 82.1 Å². The molecule has 0 fully saturated rings. The van der Waals surface area contributed by atoms with E-state index < -0.39 is 0 Å². The number of allylic oxidation sites excluding steroid dienone is 2. The fourth-order valence-electron chi connectivity index (χ4n) is 2.52. The third-order valence-corrected chi connectivity index (χ3v) is 4.02. The Hall–Kier alpha value is -3.80. The minimum absolute atomic E-state index is 0.0122. The number of benzene rings is 2. The van der Waals surface area contributed by atoms with Crippen LogP contribution in [0.5, 0.6) is 23.0 Å². The molecule has 0 aromatic heterocycles. The Morgan fingerprint density at radius 3 is 2.03 bits per heavy atom. The van der Waals surface area contributed by atoms with E-state index in [1.165, 1.54) is 32.4 Å². The summed E-state index contributed by atoms with van der Waals surface area (Å²) < 4.78 is 15.8. The molecule has 0 heterocycles. The highest BCUT2D eigenvalue weighted by Crippen LogP contribution is 2.29. The summed E-state index contributed by atoms with van der Waals surface area (Å²) >= 11 is 0. The first kappa shape index (κ1) is 22.5. The minimum Gasteiger partial charge on any atom is -0.504 e. The van der Waals surface area contributed by atoms with E-state index in [0.29, 0.717) is 29.4 Å². The van der Waals surface area contributed by atoms with Gasteiger partial charge in [-0.05, 0) is 47.5 Å². The molecule has 30 heavy (non-hydrogen) atoms. The first-order valence-electron chi connectivity index (χ1n) is 9.17. The van der Waals surface area contributed by atoms with Crippen molar-refractivity contribution >= 4 is 23.7 Å². The molecule has 2 aromatic carbocycles. The first-order valence-corrected chi connectivity index (χ1v) is 9.17. The van der Waals surface area contributed by atoms with Crippen LogP contribution in [-0.4, -0.2) is 37.5 Å². The Morgan fingerprint density at radius 1 is 0.900 bits per heavy atom. The minimum atomic E-state index is -0.331. The monoisotopic (exact) mass is 408 g/mol. The van der Waals surface area contributed by atoms with Gasteiger partial charge in [0.25, 0.3) is 0 Å². The van der Waals surface area contributed by atoms with Crippen molar-refractivity contribution in [2.24, 2.45) is 0 Å². The van der Waals surface area contributed by atoms with Crippen LogP contribution in [0, 0.1) is 0 Å². The Balaban J connectivity index is 1.96. The molecule has 6 heteroatoms. The van der Waals surface area contributed by atoms with E-state index in [1.807, 2.05) is 0 Å². The van der Waals surface area contributed by atoms with Crippen molar-refractivity contribution in [3.8, 4) is 23.0 Å². The van der Waals surface area contributed by atoms with E-state index >= 15 is 0 Å². The number of phenols is 1. The molecule has 0 saturated heterocycles. The summed E-state index contributed by atoms with van der Waals surface area (Å²) in [6, 6.07) is 9.97. The van der Waals surface area contributed by atoms with Gasteiger partial charge in [-0.2, -0.15) is 0 Å². The lowest BCUT2D eigenvalue weighted by Gasteiger charge is -2.09. The molecular weight excluding hydrogens is 384 g/mol. The molecule has 0 aliphatic rings. The van der Waals surface area contributed by atoms with Crippen molar-refractivity contribution in [2.75, 3.05) is 20.8 Å². The first-order chi connectivity index (χ1) is 14.5. The van der Waals surface area contributed by atoms with Gasteiger partial charge in [0.15, 0.2) is 34.6 Å². The van der Waals surface area contributed by atoms with Crippen molar-refractivity contribution < 1.29 is 28.9 Å². The van der Waals surface area contributed by atoms with E-state index in [-0.39, 0.29) is 23.7 Å². The zero-order chi connectivity index (χ0) is 21.9. The molecule has 0 spiro atoms. The van der Waals surface area contributed by atoms with Crippen LogP contribution >= 0.6 is 0 Å². The van der Waals surface area contributed by atoms with Gasteiger partial charge in [0.05, 0.1) is 20.6 Å². The normalized spacial score (nSPS) is 10.9. The van der Waals surface area contributed by atoms with Gasteiger partial charge in [0, 0.05) is 0 Å². The number of hydrogen-bond acceptors (Lipinski definition) is 6. The fourth-order valence-corrected chi connectivity index (χ4v) is 2.52. The molecule has 0 unspecified atom stereocenters. The second-order valence-corrected chi connectivity index (χ2v) is 6.22. The third-order valence-electron chi connectivity index (χ3n) is 4.02. The molecule has 2 aromatic rings. The zero-order valence-corrected chi connectivity index (χ0v) is 17.0. The number of aromatic hydroxyl groups is 1. The van der Waals surface area contributed by atoms with Gasteiger partial charge in [-0.1, -0.05) is 36.9 Å². The average Bonchev–Trinajstić information content (AvgIpc) is 2.75. The Kier molecular flexibility index (Phi) is 8.44. The van der Waals surface area contributed by atoms with Crippen LogP contribution < -0.4 is 14.2 Å². The zero-order valence-electron chi connectivity index (χ0n) is 17.0. The van der Waals surface area contributed by atoms with E-state index in [0.717, 1.165) is 5.56 Å². The van der Waals surface area contributed by atoms with Crippen molar-refractivity contribution in [3.63, 3.8) is 0 Å². The second kappa shape index (κ2) is 11.3. The van der Waals surface area contributed by atoms with Gasteiger partial charge < -0.3 is 19.3 Å². The van der Waals surface area contributed by atoms with Crippen molar-refractivity contribution in [1.29, 1.82) is 0 Å². The Morgan fingerprint density at radius 2 is 1.47 bits per heavy atom. The molecule has 0 aliphatic carbocycles. The molecule has 0 radical (unpaired) electrons. The SMILES string of the molecule is C=CCOc1ccc(/C=C/C(=O)CC(=O)/C=C/c2ccc(O)c(OC)c2)cc1OC. The molecule has 6 nitrogen and oxygen atoms in total. The predicted molar refractivity (Wildman–Crippen MR) is 116 cm³/mol. The van der Waals surface area contributed by atoms with E-state index in [9.17, 15) is 14.7 Å². The summed E-state index contributed by atoms with van der Waals surface area (Å²) in [7, 11) is 2.97. The van der Waals surface area contributed by atoms with Gasteiger partial charge in [-0.15, -0.1) is 0 Å². The number of carbonyl (C=O) groups excluding carboxylic acids is 2. The molecule has 0 atom stereocenters. The van der Waals surface area contributed by atoms with Gasteiger partial charge in [0.2, 0.25) is 0 Å². The highest BCUT2D eigenvalue weighted by Gasteiger charge is 2.07. The van der Waals surface area contributed by atoms with Gasteiger partial charge in [-0.25, -0.2) is 0 Å². The number of rotatable bonds is 11. The lowest BCUT2D eigenvalue weighted by Crippen LogP contribution is -2.02. The summed E-state index contributed by atoms with van der Waals surface area (Å²) in [6.07, 6.45) is 7.24. The highest BCUT2D eigenvalue weighted by atomic mass is 16.5. The lowest BCUT2D eigenvalue weighted by atomic mass is 10.1. The summed E-state index contributed by atoms with van der Waals surface area (Å²) in [5.74, 6) is 0.779. The second-order valence-electron chi connectivity index (χ2n) is 6.22. The Bertz CT molecular complexity index is 972. The van der Waals surface area contributed by atoms with Crippen molar-refractivity contribution in [3.05, 3.63) is 72.3 Å². The maximum atomic E-state index is 12.1. The van der Waals surface area contributed by atoms with E-state index in [4.69, 9.17) is 14.2 Å². The van der Waals surface area contributed by atoms with E-state index in [1.54, 1.807) is 48.6 Å². The average molecular weight is 408 g/mol. The summed E-state index contributed by atoms with van der Waals surface area (Å²) in [5, 5.41) is 9.58. The summed E-state index contributed by atoms with van der Waals surface area (Å²) in [6.45, 7) is 3.96. The molecule has 0 bridgehead atoms. The molecule has 0 saturated carbocycles. The van der Waals surface area contributed by atoms with Gasteiger partial charge in [-0.3, -0.25) is 9.59 Å². The number of methoxy groups -OCH3 is 2. The number of hydrogen-bond donors (Lipinski definition) is 1. The van der Waals surface area contributed by atoms with Crippen molar-refractivity contribution in [2.45, 2.75) is 6.42 Å². The lowest BCUT2D eigenvalue weighted by molar-refractivity contribution is -0.121. The standard InChI is InChI=1S/C24H24O6/c1-4-13-30-22-12-8-18(15-24(22)29-3)6-10-20(26)16-19(25)9-5-17-7-11-21(27)23(14-17)28-2/h4-12,14-15,27H,1,13,16H2,2-3H3/b9-5+,10-6+. The predicted octanol–water partition coefficient (Wildman–Crippen LogP) is 4.23. The molecule has 156 valence electrons. The van der Waals surface area contributed by atoms with Crippen LogP contribution in [0.2, 0.25) is 0 Å². The summed E-state index contributed by atoms with van der Waals surface area (Å²) in [5.41, 5.74) is 1.41. The number of carbonyl (C=O) groups is 2. The molecule has 0 amide bonds. The number of ketones is 2. The van der Waals surface area contributed by atoms with Crippen LogP contribution in [0.3, 0.4) is 0 Å². The van der Waals surface area contributed by atoms with Crippen molar-refractivity contribution in [1.82, 2.24) is 0 Å².